The maximum atomic E-state index is 12.4. The number of nitrogens with zero attached hydrogens (tertiary/aromatic N) is 3. The summed E-state index contributed by atoms with van der Waals surface area (Å²) in [6, 6.07) is 0. The molecule has 1 aromatic rings. The molecule has 2 N–H and O–H groups in total. The third-order valence-electron chi connectivity index (χ3n) is 2.86. The van der Waals surface area contributed by atoms with Gasteiger partial charge in [-0.25, -0.2) is 18.5 Å². The summed E-state index contributed by atoms with van der Waals surface area (Å²) in [5.41, 5.74) is 0.342. The summed E-state index contributed by atoms with van der Waals surface area (Å²) in [5, 5.41) is 5.01. The highest BCUT2D eigenvalue weighted by molar-refractivity contribution is 7.91. The molecule has 12 heteroatoms. The molecule has 1 aliphatic rings. The second-order valence-electron chi connectivity index (χ2n) is 4.19. The van der Waals surface area contributed by atoms with Crippen molar-refractivity contribution in [1.82, 2.24) is 13.6 Å². The molecule has 0 spiro atoms. The van der Waals surface area contributed by atoms with E-state index in [0.29, 0.717) is 5.69 Å². The van der Waals surface area contributed by atoms with Crippen LogP contribution in [0, 0.1) is 6.92 Å². The second kappa shape index (κ2) is 5.48. The summed E-state index contributed by atoms with van der Waals surface area (Å²) in [6.45, 7) is 1.73. The molecule has 0 bridgehead atoms. The van der Waals surface area contributed by atoms with E-state index in [-0.39, 0.29) is 34.9 Å². The second-order valence-corrected chi connectivity index (χ2v) is 9.45. The van der Waals surface area contributed by atoms with Gasteiger partial charge in [-0.15, -0.1) is 0 Å². The van der Waals surface area contributed by atoms with Crippen molar-refractivity contribution in [1.29, 1.82) is 0 Å². The minimum absolute atomic E-state index is 0.0314. The molecule has 0 radical (unpaired) electrons. The van der Waals surface area contributed by atoms with Gasteiger partial charge in [0.25, 0.3) is 20.2 Å². The van der Waals surface area contributed by atoms with E-state index in [0.717, 1.165) is 15.6 Å². The van der Waals surface area contributed by atoms with Crippen molar-refractivity contribution in [2.45, 2.75) is 11.1 Å². The van der Waals surface area contributed by atoms with Crippen LogP contribution in [-0.2, 0) is 20.2 Å². The molecule has 0 amide bonds. The number of hydrogen-bond acceptors (Lipinski definition) is 6. The summed E-state index contributed by atoms with van der Waals surface area (Å²) in [4.78, 5) is 3.88. The highest BCUT2D eigenvalue weighted by Crippen LogP contribution is 2.29. The molecular formula is C8H13ClN4O4S3. The molecule has 20 heavy (non-hydrogen) atoms. The predicted octanol–water partition coefficient (Wildman–Crippen LogP) is -0.385. The third kappa shape index (κ3) is 3.13. The van der Waals surface area contributed by atoms with Crippen LogP contribution in [0.15, 0.2) is 4.21 Å². The first-order chi connectivity index (χ1) is 9.12. The van der Waals surface area contributed by atoms with Crippen LogP contribution in [-0.4, -0.2) is 56.6 Å². The third-order valence-corrected chi connectivity index (χ3v) is 7.69. The average molecular weight is 361 g/mol. The van der Waals surface area contributed by atoms with E-state index in [1.165, 1.54) is 4.31 Å². The highest BCUT2D eigenvalue weighted by atomic mass is 35.5. The van der Waals surface area contributed by atoms with Gasteiger partial charge in [0, 0.05) is 26.2 Å². The molecule has 2 rings (SSSR count). The Labute approximate surface area is 126 Å². The summed E-state index contributed by atoms with van der Waals surface area (Å²) >= 11 is 6.60. The fraction of sp³-hybridized carbons (Fsp3) is 0.625. The van der Waals surface area contributed by atoms with Gasteiger partial charge in [0.1, 0.15) is 0 Å². The normalized spacial score (nSPS) is 19.4. The molecule has 0 atom stereocenters. The lowest BCUT2D eigenvalue weighted by Crippen LogP contribution is -2.52. The Kier molecular flexibility index (Phi) is 4.40. The van der Waals surface area contributed by atoms with Gasteiger partial charge in [-0.1, -0.05) is 22.9 Å². The number of nitrogens with two attached hydrogens (primary N) is 1. The van der Waals surface area contributed by atoms with Crippen LogP contribution in [0.5, 0.6) is 0 Å². The van der Waals surface area contributed by atoms with Gasteiger partial charge in [-0.3, -0.25) is 0 Å². The van der Waals surface area contributed by atoms with E-state index < -0.39 is 20.2 Å². The number of piperazine rings is 1. The number of halogens is 1. The van der Waals surface area contributed by atoms with E-state index in [4.69, 9.17) is 16.7 Å². The molecule has 1 aromatic heterocycles. The van der Waals surface area contributed by atoms with Crippen molar-refractivity contribution < 1.29 is 16.8 Å². The monoisotopic (exact) mass is 360 g/mol. The summed E-state index contributed by atoms with van der Waals surface area (Å²) < 4.78 is 49.7. The Morgan fingerprint density at radius 2 is 1.65 bits per heavy atom. The number of rotatable bonds is 3. The fourth-order valence-corrected chi connectivity index (χ4v) is 5.84. The van der Waals surface area contributed by atoms with Gasteiger partial charge in [0.05, 0.1) is 5.69 Å². The van der Waals surface area contributed by atoms with E-state index in [9.17, 15) is 16.8 Å². The summed E-state index contributed by atoms with van der Waals surface area (Å²) in [7, 11) is -7.48. The number of aryl methyl sites for hydroxylation is 1. The zero-order valence-corrected chi connectivity index (χ0v) is 13.7. The van der Waals surface area contributed by atoms with E-state index in [2.05, 4.69) is 4.98 Å². The Balaban J connectivity index is 2.20. The Hall–Kier alpha value is -0.300. The smallest absolute Gasteiger partial charge is 0.229 e. The van der Waals surface area contributed by atoms with Crippen molar-refractivity contribution in [3.05, 3.63) is 10.2 Å². The largest absolute Gasteiger partial charge is 0.276 e. The molecular weight excluding hydrogens is 348 g/mol. The van der Waals surface area contributed by atoms with Crippen molar-refractivity contribution in [2.75, 3.05) is 26.2 Å². The first-order valence-electron chi connectivity index (χ1n) is 5.53. The highest BCUT2D eigenvalue weighted by Gasteiger charge is 2.33. The molecule has 1 saturated heterocycles. The van der Waals surface area contributed by atoms with Gasteiger partial charge < -0.3 is 0 Å². The topological polar surface area (TPSA) is 114 Å². The molecule has 1 aliphatic heterocycles. The standard InChI is InChI=1S/C8H13ClN4O4S3/c1-6-7(18-8(9)11-6)19(14,15)12-2-4-13(5-3-12)20(10,16)17/h2-5H2,1H3,(H2,10,16,17). The zero-order valence-electron chi connectivity index (χ0n) is 10.5. The zero-order chi connectivity index (χ0) is 15.1. The molecule has 1 fully saturated rings. The van der Waals surface area contributed by atoms with Crippen LogP contribution in [0.25, 0.3) is 0 Å². The Morgan fingerprint density at radius 1 is 1.15 bits per heavy atom. The number of thiazole rings is 1. The van der Waals surface area contributed by atoms with Crippen LogP contribution in [0.2, 0.25) is 4.47 Å². The number of hydrogen-bond donors (Lipinski definition) is 1. The lowest BCUT2D eigenvalue weighted by Gasteiger charge is -2.31. The van der Waals surface area contributed by atoms with Crippen LogP contribution >= 0.6 is 22.9 Å². The van der Waals surface area contributed by atoms with Crippen molar-refractivity contribution in [2.24, 2.45) is 5.14 Å². The molecule has 8 nitrogen and oxygen atoms in total. The van der Waals surface area contributed by atoms with Crippen LogP contribution < -0.4 is 5.14 Å². The first-order valence-corrected chi connectivity index (χ1v) is 9.67. The number of aromatic nitrogens is 1. The average Bonchev–Trinajstić information content (AvgIpc) is 2.68. The Morgan fingerprint density at radius 3 is 2.05 bits per heavy atom. The van der Waals surface area contributed by atoms with Crippen LogP contribution in [0.4, 0.5) is 0 Å². The van der Waals surface area contributed by atoms with Gasteiger partial charge in [-0.05, 0) is 6.92 Å². The molecule has 0 aromatic carbocycles. The predicted molar refractivity (Wildman–Crippen MR) is 75.3 cm³/mol. The number of sulfonamides is 1. The SMILES string of the molecule is Cc1nc(Cl)sc1S(=O)(=O)N1CCN(S(N)(=O)=O)CC1. The summed E-state index contributed by atoms with van der Waals surface area (Å²) in [5.74, 6) is 0. The van der Waals surface area contributed by atoms with E-state index >= 15 is 0 Å². The lowest BCUT2D eigenvalue weighted by molar-refractivity contribution is 0.273. The minimum atomic E-state index is -3.78. The molecule has 114 valence electrons. The fourth-order valence-electron chi connectivity index (χ4n) is 1.87. The summed E-state index contributed by atoms with van der Waals surface area (Å²) in [6.07, 6.45) is 0. The first kappa shape index (κ1) is 16.1. The van der Waals surface area contributed by atoms with Crippen molar-refractivity contribution in [3.8, 4) is 0 Å². The minimum Gasteiger partial charge on any atom is -0.229 e. The van der Waals surface area contributed by atoms with Gasteiger partial charge in [0.2, 0.25) is 0 Å². The molecule has 2 heterocycles. The Bertz CT molecular complexity index is 706. The molecule has 0 unspecified atom stereocenters. The van der Waals surface area contributed by atoms with Crippen LogP contribution in [0.1, 0.15) is 5.69 Å². The van der Waals surface area contributed by atoms with Crippen molar-refractivity contribution >= 4 is 43.2 Å². The van der Waals surface area contributed by atoms with Crippen LogP contribution in [0.3, 0.4) is 0 Å². The van der Waals surface area contributed by atoms with Gasteiger partial charge in [0.15, 0.2) is 8.68 Å². The van der Waals surface area contributed by atoms with E-state index in [1.807, 2.05) is 0 Å². The van der Waals surface area contributed by atoms with Gasteiger partial charge >= 0.3 is 0 Å². The van der Waals surface area contributed by atoms with E-state index in [1.54, 1.807) is 6.92 Å². The maximum Gasteiger partial charge on any atom is 0.276 e. The van der Waals surface area contributed by atoms with Gasteiger partial charge in [-0.2, -0.15) is 17.0 Å². The van der Waals surface area contributed by atoms with Crippen molar-refractivity contribution in [3.63, 3.8) is 0 Å². The lowest BCUT2D eigenvalue weighted by atomic mass is 10.4. The quantitative estimate of drug-likeness (QED) is 0.788. The molecule has 0 aliphatic carbocycles. The molecule has 0 saturated carbocycles. The maximum absolute atomic E-state index is 12.4.